The van der Waals surface area contributed by atoms with E-state index in [2.05, 4.69) is 10.5 Å². The largest absolute Gasteiger partial charge is 0.545 e. The van der Waals surface area contributed by atoms with Crippen LogP contribution in [0.15, 0.2) is 77.9 Å². The monoisotopic (exact) mass is 379 g/mol. The first-order valence-electron chi connectivity index (χ1n) is 8.18. The van der Waals surface area contributed by atoms with Crippen molar-refractivity contribution in [1.29, 1.82) is 0 Å². The van der Waals surface area contributed by atoms with Crippen LogP contribution in [0.1, 0.15) is 21.5 Å². The molecule has 0 aliphatic carbocycles. The molecule has 6 heteroatoms. The van der Waals surface area contributed by atoms with Gasteiger partial charge in [-0.15, -0.1) is 0 Å². The van der Waals surface area contributed by atoms with Crippen LogP contribution in [0.2, 0.25) is 5.02 Å². The van der Waals surface area contributed by atoms with E-state index >= 15 is 0 Å². The molecule has 0 bridgehead atoms. The van der Waals surface area contributed by atoms with Crippen LogP contribution in [-0.4, -0.2) is 12.2 Å². The minimum atomic E-state index is -1.34. The molecular formula is C21H16ClN2O3-. The van der Waals surface area contributed by atoms with E-state index in [1.807, 2.05) is 54.6 Å². The predicted octanol–water partition coefficient (Wildman–Crippen LogP) is 3.73. The van der Waals surface area contributed by atoms with Crippen molar-refractivity contribution >= 4 is 29.5 Å². The SMILES string of the molecule is O=C([O-])c1cc(N/N=C\c2cccc(OCc3ccccc3)c2)ccc1Cl. The van der Waals surface area contributed by atoms with Crippen LogP contribution >= 0.6 is 11.6 Å². The third-order valence-corrected chi connectivity index (χ3v) is 4.03. The Bertz CT molecular complexity index is 959. The number of nitrogens with one attached hydrogen (secondary N) is 1. The van der Waals surface area contributed by atoms with E-state index < -0.39 is 5.97 Å². The maximum absolute atomic E-state index is 11.0. The summed E-state index contributed by atoms with van der Waals surface area (Å²) in [6, 6.07) is 21.9. The molecule has 0 heterocycles. The van der Waals surface area contributed by atoms with Gasteiger partial charge in [0.15, 0.2) is 0 Å². The van der Waals surface area contributed by atoms with Gasteiger partial charge in [0.1, 0.15) is 12.4 Å². The number of aromatic carboxylic acids is 1. The Morgan fingerprint density at radius 2 is 1.89 bits per heavy atom. The molecule has 0 spiro atoms. The van der Waals surface area contributed by atoms with Gasteiger partial charge in [-0.2, -0.15) is 5.10 Å². The zero-order valence-corrected chi connectivity index (χ0v) is 15.0. The normalized spacial score (nSPS) is 10.7. The molecule has 3 rings (SSSR count). The fourth-order valence-electron chi connectivity index (χ4n) is 2.36. The quantitative estimate of drug-likeness (QED) is 0.501. The van der Waals surface area contributed by atoms with Crippen molar-refractivity contribution in [3.8, 4) is 5.75 Å². The lowest BCUT2D eigenvalue weighted by Crippen LogP contribution is -2.22. The molecule has 3 aromatic rings. The Labute approximate surface area is 161 Å². The number of hydrogen-bond acceptors (Lipinski definition) is 5. The van der Waals surface area contributed by atoms with Gasteiger partial charge in [0.2, 0.25) is 0 Å². The van der Waals surface area contributed by atoms with Crippen LogP contribution in [0.3, 0.4) is 0 Å². The van der Waals surface area contributed by atoms with Crippen molar-refractivity contribution in [1.82, 2.24) is 0 Å². The lowest BCUT2D eigenvalue weighted by molar-refractivity contribution is -0.255. The number of carbonyl (C=O) groups excluding carboxylic acids is 1. The highest BCUT2D eigenvalue weighted by atomic mass is 35.5. The molecule has 0 atom stereocenters. The number of carboxylic acid groups (broad SMARTS) is 1. The summed E-state index contributed by atoms with van der Waals surface area (Å²) in [6.45, 7) is 0.483. The number of carboxylic acids is 1. The Hall–Kier alpha value is -3.31. The van der Waals surface area contributed by atoms with Crippen molar-refractivity contribution in [2.75, 3.05) is 5.43 Å². The topological polar surface area (TPSA) is 73.8 Å². The zero-order valence-electron chi connectivity index (χ0n) is 14.3. The molecule has 0 fully saturated rings. The number of carbonyl (C=O) groups is 1. The number of ether oxygens (including phenoxy) is 1. The van der Waals surface area contributed by atoms with Crippen LogP contribution < -0.4 is 15.3 Å². The van der Waals surface area contributed by atoms with Crippen molar-refractivity contribution in [2.45, 2.75) is 6.61 Å². The van der Waals surface area contributed by atoms with Gasteiger partial charge in [0, 0.05) is 10.6 Å². The number of benzene rings is 3. The smallest absolute Gasteiger partial charge is 0.120 e. The zero-order chi connectivity index (χ0) is 19.1. The van der Waals surface area contributed by atoms with Gasteiger partial charge >= 0.3 is 0 Å². The second kappa shape index (κ2) is 8.87. The van der Waals surface area contributed by atoms with E-state index in [1.165, 1.54) is 12.1 Å². The molecule has 3 aromatic carbocycles. The lowest BCUT2D eigenvalue weighted by Gasteiger charge is -2.08. The maximum Gasteiger partial charge on any atom is 0.120 e. The van der Waals surface area contributed by atoms with Crippen molar-refractivity contribution in [2.24, 2.45) is 5.10 Å². The van der Waals surface area contributed by atoms with Crippen LogP contribution in [-0.2, 0) is 6.61 Å². The fourth-order valence-corrected chi connectivity index (χ4v) is 2.55. The molecule has 0 amide bonds. The van der Waals surface area contributed by atoms with E-state index in [-0.39, 0.29) is 10.6 Å². The van der Waals surface area contributed by atoms with E-state index in [0.29, 0.717) is 12.3 Å². The van der Waals surface area contributed by atoms with Crippen molar-refractivity contribution in [3.63, 3.8) is 0 Å². The summed E-state index contributed by atoms with van der Waals surface area (Å²) >= 11 is 5.81. The number of halogens is 1. The van der Waals surface area contributed by atoms with Gasteiger partial charge in [-0.3, -0.25) is 5.43 Å². The molecule has 1 N–H and O–H groups in total. The Morgan fingerprint density at radius 3 is 2.67 bits per heavy atom. The summed E-state index contributed by atoms with van der Waals surface area (Å²) in [5, 5.41) is 15.2. The third kappa shape index (κ3) is 5.33. The first-order chi connectivity index (χ1) is 13.1. The van der Waals surface area contributed by atoms with Crippen LogP contribution in [0.4, 0.5) is 5.69 Å². The summed E-state index contributed by atoms with van der Waals surface area (Å²) < 4.78 is 5.78. The van der Waals surface area contributed by atoms with E-state index in [4.69, 9.17) is 16.3 Å². The molecule has 0 aliphatic heterocycles. The third-order valence-electron chi connectivity index (χ3n) is 3.70. The molecule has 0 saturated carbocycles. The van der Waals surface area contributed by atoms with Crippen LogP contribution in [0, 0.1) is 0 Å². The minimum absolute atomic E-state index is 0.0897. The predicted molar refractivity (Wildman–Crippen MR) is 104 cm³/mol. The lowest BCUT2D eigenvalue weighted by atomic mass is 10.2. The Morgan fingerprint density at radius 1 is 1.07 bits per heavy atom. The van der Waals surface area contributed by atoms with Crippen LogP contribution in [0.25, 0.3) is 0 Å². The second-order valence-electron chi connectivity index (χ2n) is 5.70. The molecule has 0 saturated heterocycles. The highest BCUT2D eigenvalue weighted by Crippen LogP contribution is 2.20. The number of nitrogens with zero attached hydrogens (tertiary/aromatic N) is 1. The standard InChI is InChI=1S/C21H17ClN2O3/c22-20-10-9-17(12-19(20)21(25)26)24-23-13-16-7-4-8-18(11-16)27-14-15-5-2-1-3-6-15/h1-13,24H,14H2,(H,25,26)/p-1/b23-13-. The first kappa shape index (κ1) is 18.5. The van der Waals surface area contributed by atoms with Crippen LogP contribution in [0.5, 0.6) is 5.75 Å². The summed E-state index contributed by atoms with van der Waals surface area (Å²) in [6.07, 6.45) is 1.61. The Kier molecular flexibility index (Phi) is 6.07. The van der Waals surface area contributed by atoms with Gasteiger partial charge in [-0.1, -0.05) is 54.1 Å². The van der Waals surface area contributed by atoms with E-state index in [1.54, 1.807) is 12.3 Å². The average molecular weight is 380 g/mol. The second-order valence-corrected chi connectivity index (χ2v) is 6.11. The van der Waals surface area contributed by atoms with E-state index in [0.717, 1.165) is 16.9 Å². The molecular weight excluding hydrogens is 364 g/mol. The molecule has 27 heavy (non-hydrogen) atoms. The van der Waals surface area contributed by atoms with Crippen molar-refractivity contribution < 1.29 is 14.6 Å². The molecule has 5 nitrogen and oxygen atoms in total. The first-order valence-corrected chi connectivity index (χ1v) is 8.56. The highest BCUT2D eigenvalue weighted by Gasteiger charge is 2.02. The summed E-state index contributed by atoms with van der Waals surface area (Å²) in [4.78, 5) is 11.0. The Balaban J connectivity index is 1.62. The molecule has 136 valence electrons. The average Bonchev–Trinajstić information content (AvgIpc) is 2.68. The summed E-state index contributed by atoms with van der Waals surface area (Å²) in [5.41, 5.74) is 5.10. The van der Waals surface area contributed by atoms with Gasteiger partial charge in [-0.05, 0) is 41.5 Å². The maximum atomic E-state index is 11.0. The van der Waals surface area contributed by atoms with Gasteiger partial charge in [0.05, 0.1) is 17.9 Å². The fraction of sp³-hybridized carbons (Fsp3) is 0.0476. The number of rotatable bonds is 7. The van der Waals surface area contributed by atoms with E-state index in [9.17, 15) is 9.90 Å². The van der Waals surface area contributed by atoms with Gasteiger partial charge < -0.3 is 14.6 Å². The molecule has 0 unspecified atom stereocenters. The van der Waals surface area contributed by atoms with Gasteiger partial charge in [0.25, 0.3) is 0 Å². The highest BCUT2D eigenvalue weighted by molar-refractivity contribution is 6.33. The minimum Gasteiger partial charge on any atom is -0.545 e. The van der Waals surface area contributed by atoms with Crippen molar-refractivity contribution in [3.05, 3.63) is 94.5 Å². The summed E-state index contributed by atoms with van der Waals surface area (Å²) in [5.74, 6) is -0.607. The number of anilines is 1. The molecule has 0 aliphatic rings. The summed E-state index contributed by atoms with van der Waals surface area (Å²) in [7, 11) is 0. The molecule has 0 aromatic heterocycles. The number of hydrazone groups is 1. The van der Waals surface area contributed by atoms with Gasteiger partial charge in [-0.25, -0.2) is 0 Å². The number of hydrogen-bond donors (Lipinski definition) is 1. The molecule has 0 radical (unpaired) electrons.